The van der Waals surface area contributed by atoms with E-state index in [4.69, 9.17) is 4.74 Å². The maximum absolute atomic E-state index is 12.6. The Labute approximate surface area is 149 Å². The Morgan fingerprint density at radius 1 is 1.16 bits per heavy atom. The number of rotatable bonds is 6. The van der Waals surface area contributed by atoms with Crippen LogP contribution in [0.15, 0.2) is 48.7 Å². The van der Waals surface area contributed by atoms with E-state index in [9.17, 15) is 4.79 Å². The minimum absolute atomic E-state index is 0.137. The van der Waals surface area contributed by atoms with Crippen molar-refractivity contribution < 1.29 is 9.53 Å². The zero-order valence-corrected chi connectivity index (χ0v) is 14.6. The standard InChI is InChI=1S/C20H25N3O2/c1-25-18(16-9-4-2-5-10-16)20(24)22-15-17-11-8-12-21-19(17)23-13-6-3-7-14-23/h2,4-5,8-12,18H,3,6-7,13-15H2,1H3,(H,22,24). The molecule has 1 unspecified atom stereocenters. The lowest BCUT2D eigenvalue weighted by molar-refractivity contribution is -0.131. The summed E-state index contributed by atoms with van der Waals surface area (Å²) < 4.78 is 5.40. The molecule has 5 nitrogen and oxygen atoms in total. The van der Waals surface area contributed by atoms with Crippen molar-refractivity contribution >= 4 is 11.7 Å². The average molecular weight is 339 g/mol. The van der Waals surface area contributed by atoms with Crippen LogP contribution in [0.5, 0.6) is 0 Å². The van der Waals surface area contributed by atoms with Gasteiger partial charge in [-0.05, 0) is 30.9 Å². The summed E-state index contributed by atoms with van der Waals surface area (Å²) in [5.74, 6) is 0.846. The molecule has 1 saturated heterocycles. The third-order valence-electron chi connectivity index (χ3n) is 4.55. The minimum Gasteiger partial charge on any atom is -0.367 e. The molecule has 2 aromatic rings. The summed E-state index contributed by atoms with van der Waals surface area (Å²) >= 11 is 0. The summed E-state index contributed by atoms with van der Waals surface area (Å²) in [5, 5.41) is 3.00. The number of hydrogen-bond acceptors (Lipinski definition) is 4. The van der Waals surface area contributed by atoms with Crippen LogP contribution in [-0.2, 0) is 16.1 Å². The Morgan fingerprint density at radius 3 is 2.64 bits per heavy atom. The fourth-order valence-corrected chi connectivity index (χ4v) is 3.26. The van der Waals surface area contributed by atoms with Crippen molar-refractivity contribution in [2.24, 2.45) is 0 Å². The maximum Gasteiger partial charge on any atom is 0.254 e. The Balaban J connectivity index is 1.67. The number of pyridine rings is 1. The van der Waals surface area contributed by atoms with Crippen LogP contribution in [0.3, 0.4) is 0 Å². The molecule has 0 radical (unpaired) electrons. The first kappa shape index (κ1) is 17.4. The fraction of sp³-hybridized carbons (Fsp3) is 0.400. The van der Waals surface area contributed by atoms with Gasteiger partial charge >= 0.3 is 0 Å². The Morgan fingerprint density at radius 2 is 1.92 bits per heavy atom. The molecule has 0 saturated carbocycles. The van der Waals surface area contributed by atoms with E-state index in [1.54, 1.807) is 7.11 Å². The van der Waals surface area contributed by atoms with Gasteiger partial charge in [0.25, 0.3) is 5.91 Å². The predicted octanol–water partition coefficient (Wildman–Crippen LogP) is 3.08. The van der Waals surface area contributed by atoms with E-state index in [2.05, 4.69) is 15.2 Å². The monoisotopic (exact) mass is 339 g/mol. The number of hydrogen-bond donors (Lipinski definition) is 1. The first-order valence-electron chi connectivity index (χ1n) is 8.84. The number of nitrogens with one attached hydrogen (secondary N) is 1. The molecule has 1 atom stereocenters. The smallest absolute Gasteiger partial charge is 0.254 e. The highest BCUT2D eigenvalue weighted by Gasteiger charge is 2.21. The number of amides is 1. The van der Waals surface area contributed by atoms with Crippen molar-refractivity contribution in [1.29, 1.82) is 0 Å². The number of methoxy groups -OCH3 is 1. The maximum atomic E-state index is 12.6. The number of nitrogens with zero attached hydrogens (tertiary/aromatic N) is 2. The Hall–Kier alpha value is -2.40. The van der Waals surface area contributed by atoms with E-state index in [0.717, 1.165) is 30.0 Å². The van der Waals surface area contributed by atoms with Crippen molar-refractivity contribution in [3.05, 3.63) is 59.8 Å². The van der Waals surface area contributed by atoms with Crippen molar-refractivity contribution in [2.75, 3.05) is 25.1 Å². The van der Waals surface area contributed by atoms with E-state index >= 15 is 0 Å². The number of carbonyl (C=O) groups excluding carboxylic acids is 1. The second kappa shape index (κ2) is 8.62. The number of carbonyl (C=O) groups is 1. The fourth-order valence-electron chi connectivity index (χ4n) is 3.26. The molecule has 1 N–H and O–H groups in total. The topological polar surface area (TPSA) is 54.5 Å². The van der Waals surface area contributed by atoms with Gasteiger partial charge in [0.15, 0.2) is 6.10 Å². The van der Waals surface area contributed by atoms with Gasteiger partial charge in [-0.1, -0.05) is 36.4 Å². The van der Waals surface area contributed by atoms with Crippen LogP contribution in [0.2, 0.25) is 0 Å². The molecule has 1 aromatic heterocycles. The second-order valence-electron chi connectivity index (χ2n) is 6.28. The van der Waals surface area contributed by atoms with Crippen molar-refractivity contribution in [3.8, 4) is 0 Å². The molecule has 25 heavy (non-hydrogen) atoms. The molecule has 1 amide bonds. The van der Waals surface area contributed by atoms with E-state index in [-0.39, 0.29) is 5.91 Å². The van der Waals surface area contributed by atoms with E-state index in [1.165, 1.54) is 19.3 Å². The summed E-state index contributed by atoms with van der Waals surface area (Å²) in [6.07, 6.45) is 4.89. The normalized spacial score (nSPS) is 15.6. The van der Waals surface area contributed by atoms with Gasteiger partial charge in [0.05, 0.1) is 0 Å². The molecular weight excluding hydrogens is 314 g/mol. The van der Waals surface area contributed by atoms with Crippen LogP contribution in [0.25, 0.3) is 0 Å². The molecule has 2 heterocycles. The quantitative estimate of drug-likeness (QED) is 0.879. The molecule has 5 heteroatoms. The lowest BCUT2D eigenvalue weighted by Gasteiger charge is -2.29. The molecule has 3 rings (SSSR count). The molecular formula is C20H25N3O2. The van der Waals surface area contributed by atoms with Gasteiger partial charge in [-0.3, -0.25) is 4.79 Å². The van der Waals surface area contributed by atoms with Crippen LogP contribution in [0.4, 0.5) is 5.82 Å². The molecule has 1 aliphatic rings. The third kappa shape index (κ3) is 4.37. The molecule has 0 aliphatic carbocycles. The van der Waals surface area contributed by atoms with Crippen molar-refractivity contribution in [1.82, 2.24) is 10.3 Å². The molecule has 132 valence electrons. The summed E-state index contributed by atoms with van der Waals surface area (Å²) in [6.45, 7) is 2.51. The highest BCUT2D eigenvalue weighted by Crippen LogP contribution is 2.22. The zero-order chi connectivity index (χ0) is 17.5. The number of anilines is 1. The third-order valence-corrected chi connectivity index (χ3v) is 4.55. The van der Waals surface area contributed by atoms with Crippen LogP contribution < -0.4 is 10.2 Å². The van der Waals surface area contributed by atoms with Crippen LogP contribution in [0, 0.1) is 0 Å². The minimum atomic E-state index is -0.601. The average Bonchev–Trinajstić information content (AvgIpc) is 2.69. The second-order valence-corrected chi connectivity index (χ2v) is 6.28. The number of piperidine rings is 1. The van der Waals surface area contributed by atoms with Gasteiger partial charge in [-0.2, -0.15) is 0 Å². The summed E-state index contributed by atoms with van der Waals surface area (Å²) in [6, 6.07) is 13.5. The zero-order valence-electron chi connectivity index (χ0n) is 14.6. The van der Waals surface area contributed by atoms with Crippen LogP contribution >= 0.6 is 0 Å². The van der Waals surface area contributed by atoms with E-state index in [1.807, 2.05) is 48.7 Å². The van der Waals surface area contributed by atoms with Crippen LogP contribution in [0.1, 0.15) is 36.5 Å². The number of aromatic nitrogens is 1. The summed E-state index contributed by atoms with van der Waals surface area (Å²) in [5.41, 5.74) is 1.89. The molecule has 1 fully saturated rings. The SMILES string of the molecule is COC(C(=O)NCc1cccnc1N1CCCCC1)c1ccccc1. The van der Waals surface area contributed by atoms with Crippen molar-refractivity contribution in [3.63, 3.8) is 0 Å². The van der Waals surface area contributed by atoms with Gasteiger partial charge in [-0.25, -0.2) is 4.98 Å². The largest absolute Gasteiger partial charge is 0.367 e. The summed E-state index contributed by atoms with van der Waals surface area (Å²) in [4.78, 5) is 19.4. The van der Waals surface area contributed by atoms with E-state index in [0.29, 0.717) is 6.54 Å². The first-order chi connectivity index (χ1) is 12.3. The number of ether oxygens (including phenoxy) is 1. The highest BCUT2D eigenvalue weighted by atomic mass is 16.5. The molecule has 1 aromatic carbocycles. The van der Waals surface area contributed by atoms with Gasteiger partial charge in [-0.15, -0.1) is 0 Å². The molecule has 0 bridgehead atoms. The highest BCUT2D eigenvalue weighted by molar-refractivity contribution is 5.82. The van der Waals surface area contributed by atoms with Gasteiger partial charge in [0, 0.05) is 38.5 Å². The Kier molecular flexibility index (Phi) is 6.01. The predicted molar refractivity (Wildman–Crippen MR) is 98.3 cm³/mol. The van der Waals surface area contributed by atoms with Gasteiger partial charge in [0.1, 0.15) is 5.82 Å². The van der Waals surface area contributed by atoms with Crippen molar-refractivity contribution in [2.45, 2.75) is 31.9 Å². The van der Waals surface area contributed by atoms with Crippen LogP contribution in [-0.4, -0.2) is 31.1 Å². The number of benzene rings is 1. The lowest BCUT2D eigenvalue weighted by atomic mass is 10.1. The van der Waals surface area contributed by atoms with E-state index < -0.39 is 6.10 Å². The first-order valence-corrected chi connectivity index (χ1v) is 8.84. The van der Waals surface area contributed by atoms with Gasteiger partial charge in [0.2, 0.25) is 0 Å². The Bertz CT molecular complexity index is 684. The molecule has 1 aliphatic heterocycles. The van der Waals surface area contributed by atoms with Gasteiger partial charge < -0.3 is 15.0 Å². The molecule has 0 spiro atoms. The lowest BCUT2D eigenvalue weighted by Crippen LogP contribution is -2.33. The summed E-state index contributed by atoms with van der Waals surface area (Å²) in [7, 11) is 1.56.